The lowest BCUT2D eigenvalue weighted by Gasteiger charge is -2.09. The lowest BCUT2D eigenvalue weighted by molar-refractivity contribution is -0.384. The Labute approximate surface area is 96.5 Å². The summed E-state index contributed by atoms with van der Waals surface area (Å²) >= 11 is 1.58. The Morgan fingerprint density at radius 2 is 1.94 bits per heavy atom. The minimum absolute atomic E-state index is 0.0853. The van der Waals surface area contributed by atoms with E-state index in [0.717, 1.165) is 10.4 Å². The first-order valence-corrected chi connectivity index (χ1v) is 5.60. The summed E-state index contributed by atoms with van der Waals surface area (Å²) < 4.78 is 0. The predicted octanol–water partition coefficient (Wildman–Crippen LogP) is 2.70. The quantitative estimate of drug-likeness (QED) is 0.655. The second-order valence-corrected chi connectivity index (χ2v) is 4.32. The number of nitrogens with zero attached hydrogens (tertiary/aromatic N) is 1. The van der Waals surface area contributed by atoms with E-state index in [1.54, 1.807) is 23.5 Å². The van der Waals surface area contributed by atoms with Crippen LogP contribution in [0.3, 0.4) is 0 Å². The molecule has 1 aromatic carbocycles. The van der Waals surface area contributed by atoms with Gasteiger partial charge in [-0.05, 0) is 17.0 Å². The summed E-state index contributed by atoms with van der Waals surface area (Å²) in [5, 5.41) is 12.4. The smallest absolute Gasteiger partial charge is 0.269 e. The fraction of sp³-hybridized carbons (Fsp3) is 0.0909. The van der Waals surface area contributed by atoms with E-state index < -0.39 is 4.92 Å². The van der Waals surface area contributed by atoms with E-state index in [9.17, 15) is 10.1 Å². The van der Waals surface area contributed by atoms with Crippen molar-refractivity contribution in [2.75, 3.05) is 0 Å². The number of nitro benzene ring substituents is 1. The van der Waals surface area contributed by atoms with Crippen LogP contribution in [0.25, 0.3) is 0 Å². The average molecular weight is 234 g/mol. The van der Waals surface area contributed by atoms with Gasteiger partial charge in [0.05, 0.1) is 11.0 Å². The molecule has 1 heterocycles. The normalized spacial score (nSPS) is 12.3. The van der Waals surface area contributed by atoms with Gasteiger partial charge in [0.1, 0.15) is 0 Å². The summed E-state index contributed by atoms with van der Waals surface area (Å²) in [4.78, 5) is 11.1. The maximum absolute atomic E-state index is 10.5. The van der Waals surface area contributed by atoms with E-state index >= 15 is 0 Å². The zero-order valence-electron chi connectivity index (χ0n) is 8.37. The van der Waals surface area contributed by atoms with Gasteiger partial charge in [-0.3, -0.25) is 10.1 Å². The van der Waals surface area contributed by atoms with E-state index in [-0.39, 0.29) is 11.7 Å². The van der Waals surface area contributed by atoms with Gasteiger partial charge in [0, 0.05) is 17.0 Å². The summed E-state index contributed by atoms with van der Waals surface area (Å²) in [6.45, 7) is 0. The molecular formula is C11H10N2O2S. The first-order chi connectivity index (χ1) is 7.68. The van der Waals surface area contributed by atoms with Crippen LogP contribution < -0.4 is 5.73 Å². The Morgan fingerprint density at radius 1 is 1.25 bits per heavy atom. The number of hydrogen-bond donors (Lipinski definition) is 1. The van der Waals surface area contributed by atoms with Gasteiger partial charge in [0.25, 0.3) is 5.69 Å². The Balaban J connectivity index is 2.25. The number of non-ortho nitro benzene ring substituents is 1. The summed E-state index contributed by atoms with van der Waals surface area (Å²) in [6.07, 6.45) is 0. The number of thiophene rings is 1. The highest BCUT2D eigenvalue weighted by Gasteiger charge is 2.11. The molecule has 2 N–H and O–H groups in total. The van der Waals surface area contributed by atoms with Crippen LogP contribution in [0.1, 0.15) is 16.5 Å². The van der Waals surface area contributed by atoms with Crippen molar-refractivity contribution < 1.29 is 4.92 Å². The van der Waals surface area contributed by atoms with Gasteiger partial charge in [-0.25, -0.2) is 0 Å². The second kappa shape index (κ2) is 4.42. The molecule has 0 unspecified atom stereocenters. The Kier molecular flexibility index (Phi) is 2.98. The van der Waals surface area contributed by atoms with Crippen molar-refractivity contribution in [1.29, 1.82) is 0 Å². The SMILES string of the molecule is N[C@H](c1ccc([N+](=O)[O-])cc1)c1cccs1. The highest BCUT2D eigenvalue weighted by atomic mass is 32.1. The molecule has 2 rings (SSSR count). The van der Waals surface area contributed by atoms with Crippen molar-refractivity contribution in [3.8, 4) is 0 Å². The molecule has 16 heavy (non-hydrogen) atoms. The van der Waals surface area contributed by atoms with Gasteiger partial charge in [-0.2, -0.15) is 0 Å². The van der Waals surface area contributed by atoms with Crippen molar-refractivity contribution in [3.05, 3.63) is 62.3 Å². The van der Waals surface area contributed by atoms with Crippen LogP contribution in [0.4, 0.5) is 5.69 Å². The third kappa shape index (κ3) is 2.10. The van der Waals surface area contributed by atoms with Crippen LogP contribution in [0, 0.1) is 10.1 Å². The largest absolute Gasteiger partial charge is 0.320 e. The molecule has 82 valence electrons. The number of rotatable bonds is 3. The number of benzene rings is 1. The molecule has 0 saturated carbocycles. The molecule has 0 aliphatic carbocycles. The lowest BCUT2D eigenvalue weighted by Crippen LogP contribution is -2.09. The van der Waals surface area contributed by atoms with Crippen LogP contribution in [0.5, 0.6) is 0 Å². The molecule has 0 bridgehead atoms. The fourth-order valence-corrected chi connectivity index (χ4v) is 2.19. The fourth-order valence-electron chi connectivity index (χ4n) is 1.44. The monoisotopic (exact) mass is 234 g/mol. The second-order valence-electron chi connectivity index (χ2n) is 3.34. The third-order valence-electron chi connectivity index (χ3n) is 2.31. The molecule has 0 radical (unpaired) electrons. The van der Waals surface area contributed by atoms with E-state index in [0.29, 0.717) is 0 Å². The first-order valence-electron chi connectivity index (χ1n) is 4.72. The molecule has 4 nitrogen and oxygen atoms in total. The first kappa shape index (κ1) is 10.8. The number of hydrogen-bond acceptors (Lipinski definition) is 4. The topological polar surface area (TPSA) is 69.2 Å². The standard InChI is InChI=1S/C11H10N2O2S/c12-11(10-2-1-7-16-10)8-3-5-9(6-4-8)13(14)15/h1-7,11H,12H2/t11-/m1/s1. The summed E-state index contributed by atoms with van der Waals surface area (Å²) in [6, 6.07) is 10.0. The van der Waals surface area contributed by atoms with Gasteiger partial charge in [-0.15, -0.1) is 11.3 Å². The molecule has 0 aliphatic heterocycles. The third-order valence-corrected chi connectivity index (χ3v) is 3.27. The summed E-state index contributed by atoms with van der Waals surface area (Å²) in [7, 11) is 0. The molecule has 1 aromatic heterocycles. The lowest BCUT2D eigenvalue weighted by atomic mass is 10.1. The van der Waals surface area contributed by atoms with Crippen LogP contribution in [-0.2, 0) is 0 Å². The van der Waals surface area contributed by atoms with E-state index in [4.69, 9.17) is 5.73 Å². The zero-order valence-corrected chi connectivity index (χ0v) is 9.18. The molecule has 0 amide bonds. The highest BCUT2D eigenvalue weighted by molar-refractivity contribution is 7.10. The van der Waals surface area contributed by atoms with E-state index in [1.165, 1.54) is 12.1 Å². The molecular weight excluding hydrogens is 224 g/mol. The molecule has 0 saturated heterocycles. The van der Waals surface area contributed by atoms with Crippen molar-refractivity contribution in [2.24, 2.45) is 5.73 Å². The minimum atomic E-state index is -0.416. The zero-order chi connectivity index (χ0) is 11.5. The van der Waals surface area contributed by atoms with Gasteiger partial charge in [0.2, 0.25) is 0 Å². The van der Waals surface area contributed by atoms with Crippen LogP contribution in [0.2, 0.25) is 0 Å². The molecule has 0 aliphatic rings. The van der Waals surface area contributed by atoms with Gasteiger partial charge in [-0.1, -0.05) is 18.2 Å². The van der Waals surface area contributed by atoms with Gasteiger partial charge >= 0.3 is 0 Å². The van der Waals surface area contributed by atoms with E-state index in [1.807, 2.05) is 17.5 Å². The van der Waals surface area contributed by atoms with Gasteiger partial charge in [0.15, 0.2) is 0 Å². The summed E-state index contributed by atoms with van der Waals surface area (Å²) in [5.74, 6) is 0. The van der Waals surface area contributed by atoms with Crippen molar-refractivity contribution in [3.63, 3.8) is 0 Å². The van der Waals surface area contributed by atoms with Crippen molar-refractivity contribution in [1.82, 2.24) is 0 Å². The Hall–Kier alpha value is -1.72. The Morgan fingerprint density at radius 3 is 2.44 bits per heavy atom. The molecule has 0 spiro atoms. The highest BCUT2D eigenvalue weighted by Crippen LogP contribution is 2.24. The van der Waals surface area contributed by atoms with E-state index in [2.05, 4.69) is 0 Å². The molecule has 0 fully saturated rings. The maximum atomic E-state index is 10.5. The molecule has 1 atom stereocenters. The van der Waals surface area contributed by atoms with Gasteiger partial charge < -0.3 is 5.73 Å². The van der Waals surface area contributed by atoms with Crippen molar-refractivity contribution in [2.45, 2.75) is 6.04 Å². The van der Waals surface area contributed by atoms with Crippen molar-refractivity contribution >= 4 is 17.0 Å². The summed E-state index contributed by atoms with van der Waals surface area (Å²) in [5.41, 5.74) is 7.00. The minimum Gasteiger partial charge on any atom is -0.320 e. The average Bonchev–Trinajstić information content (AvgIpc) is 2.81. The Bertz CT molecular complexity index is 479. The molecule has 5 heteroatoms. The number of nitro groups is 1. The van der Waals surface area contributed by atoms with Crippen LogP contribution in [-0.4, -0.2) is 4.92 Å². The predicted molar refractivity (Wildman–Crippen MR) is 63.4 cm³/mol. The van der Waals surface area contributed by atoms with Crippen LogP contribution in [0.15, 0.2) is 41.8 Å². The molecule has 2 aromatic rings. The maximum Gasteiger partial charge on any atom is 0.269 e. The van der Waals surface area contributed by atoms with Crippen LogP contribution >= 0.6 is 11.3 Å². The number of nitrogens with two attached hydrogens (primary N) is 1.